The molecule has 4 aromatic rings. The van der Waals surface area contributed by atoms with Crippen LogP contribution in [-0.2, 0) is 4.79 Å². The molecular weight excluding hydrogens is 462 g/mol. The molecule has 4 rings (SSSR count). The van der Waals surface area contributed by atoms with E-state index in [1.165, 1.54) is 11.8 Å². The maximum absolute atomic E-state index is 12.2. The van der Waals surface area contributed by atoms with E-state index in [1.807, 2.05) is 60.7 Å². The summed E-state index contributed by atoms with van der Waals surface area (Å²) in [5.41, 5.74) is 3.06. The van der Waals surface area contributed by atoms with Crippen molar-refractivity contribution in [1.82, 2.24) is 19.8 Å². The van der Waals surface area contributed by atoms with Crippen molar-refractivity contribution in [1.29, 1.82) is 0 Å². The Bertz CT molecular complexity index is 1130. The number of thioether (sulfide) groups is 1. The minimum absolute atomic E-state index is 0.127. The van der Waals surface area contributed by atoms with Gasteiger partial charge < -0.3 is 5.32 Å². The second-order valence-electron chi connectivity index (χ2n) is 5.82. The van der Waals surface area contributed by atoms with Gasteiger partial charge in [0.05, 0.1) is 11.4 Å². The molecule has 2 aromatic heterocycles. The Kier molecular flexibility index (Phi) is 5.61. The third-order valence-electron chi connectivity index (χ3n) is 3.83. The standard InChI is InChI=1S/C19H13BrClN5OS/c20-13-3-7-15(8-4-13)22-18(27)11-28-19-24-23-17-10-9-16(25-26(17)19)12-1-5-14(21)6-2-12/h1-10H,11H2,(H,22,27). The highest BCUT2D eigenvalue weighted by atomic mass is 79.9. The Labute approximate surface area is 178 Å². The van der Waals surface area contributed by atoms with Gasteiger partial charge in [0.2, 0.25) is 11.1 Å². The summed E-state index contributed by atoms with van der Waals surface area (Å²) in [6.45, 7) is 0. The molecule has 140 valence electrons. The number of rotatable bonds is 5. The summed E-state index contributed by atoms with van der Waals surface area (Å²) in [5.74, 6) is 0.0712. The zero-order chi connectivity index (χ0) is 19.5. The summed E-state index contributed by atoms with van der Waals surface area (Å²) in [7, 11) is 0. The summed E-state index contributed by atoms with van der Waals surface area (Å²) < 4.78 is 2.60. The van der Waals surface area contributed by atoms with Crippen LogP contribution in [0.5, 0.6) is 0 Å². The molecule has 6 nitrogen and oxygen atoms in total. The molecular formula is C19H13BrClN5OS. The van der Waals surface area contributed by atoms with E-state index in [0.717, 1.165) is 21.4 Å². The minimum Gasteiger partial charge on any atom is -0.325 e. The van der Waals surface area contributed by atoms with E-state index < -0.39 is 0 Å². The maximum Gasteiger partial charge on any atom is 0.234 e. The third kappa shape index (κ3) is 4.35. The predicted octanol–water partition coefficient (Wildman–Crippen LogP) is 4.94. The fourth-order valence-corrected chi connectivity index (χ4v) is 3.57. The average Bonchev–Trinajstić information content (AvgIpc) is 3.11. The number of nitrogens with zero attached hydrogens (tertiary/aromatic N) is 4. The van der Waals surface area contributed by atoms with Crippen LogP contribution in [-0.4, -0.2) is 31.5 Å². The van der Waals surface area contributed by atoms with Crippen LogP contribution in [0.3, 0.4) is 0 Å². The second-order valence-corrected chi connectivity index (χ2v) is 8.12. The van der Waals surface area contributed by atoms with Crippen molar-refractivity contribution in [2.75, 3.05) is 11.1 Å². The molecule has 0 radical (unpaired) electrons. The van der Waals surface area contributed by atoms with Crippen LogP contribution >= 0.6 is 39.3 Å². The Morgan fingerprint density at radius 3 is 2.54 bits per heavy atom. The lowest BCUT2D eigenvalue weighted by molar-refractivity contribution is -0.113. The lowest BCUT2D eigenvalue weighted by Crippen LogP contribution is -2.14. The number of halogens is 2. The molecule has 0 bridgehead atoms. The Hall–Kier alpha value is -2.42. The van der Waals surface area contributed by atoms with Crippen molar-refractivity contribution in [3.63, 3.8) is 0 Å². The van der Waals surface area contributed by atoms with Gasteiger partial charge >= 0.3 is 0 Å². The van der Waals surface area contributed by atoms with Crippen molar-refractivity contribution in [2.24, 2.45) is 0 Å². The Morgan fingerprint density at radius 2 is 1.79 bits per heavy atom. The number of aromatic nitrogens is 4. The van der Waals surface area contributed by atoms with Crippen molar-refractivity contribution in [3.05, 3.63) is 70.2 Å². The molecule has 1 amide bonds. The fourth-order valence-electron chi connectivity index (χ4n) is 2.49. The lowest BCUT2D eigenvalue weighted by Gasteiger charge is -2.05. The first kappa shape index (κ1) is 18.9. The van der Waals surface area contributed by atoms with Gasteiger partial charge in [0.15, 0.2) is 5.65 Å². The maximum atomic E-state index is 12.2. The van der Waals surface area contributed by atoms with Crippen molar-refractivity contribution in [2.45, 2.75) is 5.16 Å². The fraction of sp³-hybridized carbons (Fsp3) is 0.0526. The highest BCUT2D eigenvalue weighted by Gasteiger charge is 2.12. The largest absolute Gasteiger partial charge is 0.325 e. The van der Waals surface area contributed by atoms with Crippen LogP contribution < -0.4 is 5.32 Å². The van der Waals surface area contributed by atoms with Gasteiger partial charge in [0.1, 0.15) is 0 Å². The van der Waals surface area contributed by atoms with E-state index in [1.54, 1.807) is 4.52 Å². The molecule has 0 atom stereocenters. The second kappa shape index (κ2) is 8.30. The molecule has 0 aliphatic rings. The zero-order valence-electron chi connectivity index (χ0n) is 14.3. The molecule has 2 aromatic carbocycles. The van der Waals surface area contributed by atoms with Gasteiger partial charge in [0, 0.05) is 20.7 Å². The number of carbonyl (C=O) groups excluding carboxylic acids is 1. The quantitative estimate of drug-likeness (QED) is 0.415. The van der Waals surface area contributed by atoms with E-state index in [9.17, 15) is 4.79 Å². The van der Waals surface area contributed by atoms with E-state index in [4.69, 9.17) is 11.6 Å². The van der Waals surface area contributed by atoms with Crippen LogP contribution in [0.2, 0.25) is 5.02 Å². The first-order chi connectivity index (χ1) is 13.6. The number of fused-ring (bicyclic) bond motifs is 1. The molecule has 0 aliphatic carbocycles. The molecule has 1 N–H and O–H groups in total. The van der Waals surface area contributed by atoms with Gasteiger partial charge in [-0.2, -0.15) is 9.61 Å². The molecule has 2 heterocycles. The van der Waals surface area contributed by atoms with Gasteiger partial charge in [-0.25, -0.2) is 0 Å². The number of carbonyl (C=O) groups is 1. The highest BCUT2D eigenvalue weighted by Crippen LogP contribution is 2.22. The number of benzene rings is 2. The summed E-state index contributed by atoms with van der Waals surface area (Å²) >= 11 is 10.6. The number of hydrogen-bond acceptors (Lipinski definition) is 5. The number of hydrogen-bond donors (Lipinski definition) is 1. The van der Waals surface area contributed by atoms with Crippen molar-refractivity contribution < 1.29 is 4.79 Å². The number of nitrogens with one attached hydrogen (secondary N) is 1. The van der Waals surface area contributed by atoms with Crippen molar-refractivity contribution >= 4 is 56.5 Å². The molecule has 9 heteroatoms. The molecule has 0 unspecified atom stereocenters. The molecule has 0 spiro atoms. The van der Waals surface area contributed by atoms with Crippen LogP contribution in [0.4, 0.5) is 5.69 Å². The smallest absolute Gasteiger partial charge is 0.234 e. The Morgan fingerprint density at radius 1 is 1.04 bits per heavy atom. The van der Waals surface area contributed by atoms with Gasteiger partial charge in [-0.05, 0) is 48.5 Å². The third-order valence-corrected chi connectivity index (χ3v) is 5.53. The first-order valence-electron chi connectivity index (χ1n) is 8.25. The summed E-state index contributed by atoms with van der Waals surface area (Å²) in [4.78, 5) is 12.2. The van der Waals surface area contributed by atoms with Gasteiger partial charge in [-0.3, -0.25) is 4.79 Å². The highest BCUT2D eigenvalue weighted by molar-refractivity contribution is 9.10. The van der Waals surface area contributed by atoms with Gasteiger partial charge in [-0.15, -0.1) is 10.2 Å². The zero-order valence-corrected chi connectivity index (χ0v) is 17.5. The molecule has 28 heavy (non-hydrogen) atoms. The van der Waals surface area contributed by atoms with E-state index in [0.29, 0.717) is 15.8 Å². The van der Waals surface area contributed by atoms with Crippen molar-refractivity contribution in [3.8, 4) is 11.3 Å². The minimum atomic E-state index is -0.127. The number of anilines is 1. The normalized spacial score (nSPS) is 10.9. The molecule has 0 aliphatic heterocycles. The summed E-state index contributed by atoms with van der Waals surface area (Å²) in [6, 6.07) is 18.6. The molecule has 0 saturated heterocycles. The van der Waals surface area contributed by atoms with E-state index in [2.05, 4.69) is 36.5 Å². The van der Waals surface area contributed by atoms with Crippen LogP contribution in [0.15, 0.2) is 70.3 Å². The van der Waals surface area contributed by atoms with E-state index in [-0.39, 0.29) is 11.7 Å². The SMILES string of the molecule is O=C(CSc1nnc2ccc(-c3ccc(Cl)cc3)nn12)Nc1ccc(Br)cc1. The monoisotopic (exact) mass is 473 g/mol. The summed E-state index contributed by atoms with van der Waals surface area (Å²) in [6.07, 6.45) is 0. The average molecular weight is 475 g/mol. The van der Waals surface area contributed by atoms with Crippen LogP contribution in [0, 0.1) is 0 Å². The van der Waals surface area contributed by atoms with Gasteiger partial charge in [0.25, 0.3) is 0 Å². The lowest BCUT2D eigenvalue weighted by atomic mass is 10.1. The van der Waals surface area contributed by atoms with Gasteiger partial charge in [-0.1, -0.05) is 51.4 Å². The first-order valence-corrected chi connectivity index (χ1v) is 10.4. The van der Waals surface area contributed by atoms with E-state index >= 15 is 0 Å². The Balaban J connectivity index is 1.49. The topological polar surface area (TPSA) is 72.2 Å². The number of amides is 1. The predicted molar refractivity (Wildman–Crippen MR) is 115 cm³/mol. The van der Waals surface area contributed by atoms with Crippen LogP contribution in [0.25, 0.3) is 16.9 Å². The molecule has 0 fully saturated rings. The van der Waals surface area contributed by atoms with Crippen LogP contribution in [0.1, 0.15) is 0 Å². The molecule has 0 saturated carbocycles. The summed E-state index contributed by atoms with van der Waals surface area (Å²) in [5, 5.41) is 16.9.